The molecule has 10 nitrogen and oxygen atoms in total. The summed E-state index contributed by atoms with van der Waals surface area (Å²) in [5.41, 5.74) is 3.07. The van der Waals surface area contributed by atoms with Crippen molar-refractivity contribution in [3.05, 3.63) is 124 Å². The van der Waals surface area contributed by atoms with Gasteiger partial charge in [0.25, 0.3) is 5.91 Å². The van der Waals surface area contributed by atoms with Crippen molar-refractivity contribution in [2.24, 2.45) is 0 Å². The normalized spacial score (nSPS) is 16.1. The second kappa shape index (κ2) is 12.1. The van der Waals surface area contributed by atoms with Crippen molar-refractivity contribution >= 4 is 39.4 Å². The molecule has 0 radical (unpaired) electrons. The summed E-state index contributed by atoms with van der Waals surface area (Å²) in [5.74, 6) is -2.77. The second-order valence-electron chi connectivity index (χ2n) is 11.4. The standard InChI is InChI=1S/C35H28F2N6O4/c1-47-35(46)31-16-25(43-19-30(40-41-43)21-8-5-9-24(12-21)38-17-20-6-3-2-4-7-20)18-42(31)34(45)28-15-23(37)14-27-32(28)39-29-11-10-22(36)13-26(29)33(27)44/h2-15,19,25,31,38H,16-18H2,1H3,(H,39,44)/t25-,31-/m0/s1. The molecule has 0 aliphatic carbocycles. The van der Waals surface area contributed by atoms with Crippen molar-refractivity contribution in [2.75, 3.05) is 19.0 Å². The van der Waals surface area contributed by atoms with Gasteiger partial charge in [-0.25, -0.2) is 18.3 Å². The van der Waals surface area contributed by atoms with E-state index in [1.165, 1.54) is 24.1 Å². The van der Waals surface area contributed by atoms with Gasteiger partial charge in [0, 0.05) is 47.1 Å². The molecular weight excluding hydrogens is 606 g/mol. The van der Waals surface area contributed by atoms with E-state index >= 15 is 0 Å². The Morgan fingerprint density at radius 2 is 1.79 bits per heavy atom. The van der Waals surface area contributed by atoms with Gasteiger partial charge in [-0.15, -0.1) is 5.10 Å². The highest BCUT2D eigenvalue weighted by atomic mass is 19.1. The Kier molecular flexibility index (Phi) is 7.68. The number of nitrogens with one attached hydrogen (secondary N) is 2. The van der Waals surface area contributed by atoms with Crippen LogP contribution < -0.4 is 10.7 Å². The number of hydrogen-bond acceptors (Lipinski definition) is 7. The SMILES string of the molecule is COC(=O)[C@@H]1C[C@H](n2cc(-c3cccc(NCc4ccccc4)c3)nn2)CN1C(=O)c1cc(F)cc2c(=O)c3cc(F)ccc3[nH]c12. The molecule has 236 valence electrons. The number of aromatic nitrogens is 4. The molecule has 0 bridgehead atoms. The van der Waals surface area contributed by atoms with E-state index in [1.54, 1.807) is 10.9 Å². The van der Waals surface area contributed by atoms with E-state index in [0.29, 0.717) is 12.2 Å². The first-order valence-corrected chi connectivity index (χ1v) is 14.9. The van der Waals surface area contributed by atoms with E-state index in [9.17, 15) is 23.2 Å². The Morgan fingerprint density at radius 1 is 0.979 bits per heavy atom. The predicted molar refractivity (Wildman–Crippen MR) is 172 cm³/mol. The highest BCUT2D eigenvalue weighted by molar-refractivity contribution is 6.08. The molecule has 2 N–H and O–H groups in total. The maximum absolute atomic E-state index is 14.9. The second-order valence-corrected chi connectivity index (χ2v) is 11.4. The molecule has 4 aromatic carbocycles. The molecule has 0 spiro atoms. The Morgan fingerprint density at radius 3 is 2.60 bits per heavy atom. The molecule has 7 rings (SSSR count). The van der Waals surface area contributed by atoms with Gasteiger partial charge in [-0.3, -0.25) is 9.59 Å². The van der Waals surface area contributed by atoms with Crippen LogP contribution >= 0.6 is 0 Å². The Hall–Kier alpha value is -5.91. The third-order valence-corrected chi connectivity index (χ3v) is 8.46. The number of aromatic amines is 1. The first-order valence-electron chi connectivity index (χ1n) is 14.9. The fourth-order valence-corrected chi connectivity index (χ4v) is 6.10. The summed E-state index contributed by atoms with van der Waals surface area (Å²) in [6.45, 7) is 0.697. The molecule has 1 saturated heterocycles. The van der Waals surface area contributed by atoms with Gasteiger partial charge in [-0.05, 0) is 48.0 Å². The van der Waals surface area contributed by atoms with Crippen molar-refractivity contribution in [1.29, 1.82) is 0 Å². The number of methoxy groups -OCH3 is 1. The quantitative estimate of drug-likeness (QED) is 0.177. The zero-order valence-electron chi connectivity index (χ0n) is 25.1. The lowest BCUT2D eigenvalue weighted by Gasteiger charge is -2.23. The molecule has 2 aromatic heterocycles. The number of fused-ring (bicyclic) bond motifs is 2. The number of rotatable bonds is 7. The fourth-order valence-electron chi connectivity index (χ4n) is 6.10. The number of H-pyrrole nitrogens is 1. The highest BCUT2D eigenvalue weighted by Crippen LogP contribution is 2.32. The molecule has 0 unspecified atom stereocenters. The number of nitrogens with zero attached hydrogens (tertiary/aromatic N) is 4. The van der Waals surface area contributed by atoms with Gasteiger partial charge in [0.1, 0.15) is 23.4 Å². The van der Waals surface area contributed by atoms with Gasteiger partial charge < -0.3 is 19.9 Å². The van der Waals surface area contributed by atoms with Crippen LogP contribution in [0.5, 0.6) is 0 Å². The van der Waals surface area contributed by atoms with Gasteiger partial charge in [0.2, 0.25) is 0 Å². The van der Waals surface area contributed by atoms with Crippen LogP contribution in [0.2, 0.25) is 0 Å². The van der Waals surface area contributed by atoms with E-state index in [1.807, 2.05) is 54.6 Å². The Bertz CT molecular complexity index is 2220. The lowest BCUT2D eigenvalue weighted by Crippen LogP contribution is -2.41. The summed E-state index contributed by atoms with van der Waals surface area (Å²) in [6.07, 6.45) is 1.93. The number of ether oxygens (including phenoxy) is 1. The van der Waals surface area contributed by atoms with E-state index < -0.39 is 41.0 Å². The maximum atomic E-state index is 14.9. The summed E-state index contributed by atoms with van der Waals surface area (Å²) < 4.78 is 35.4. The van der Waals surface area contributed by atoms with Gasteiger partial charge in [0.15, 0.2) is 5.43 Å². The van der Waals surface area contributed by atoms with Gasteiger partial charge >= 0.3 is 5.97 Å². The summed E-state index contributed by atoms with van der Waals surface area (Å²) >= 11 is 0. The van der Waals surface area contributed by atoms with Crippen LogP contribution in [-0.4, -0.2) is 56.5 Å². The maximum Gasteiger partial charge on any atom is 0.328 e. The van der Waals surface area contributed by atoms with Crippen LogP contribution in [0.15, 0.2) is 95.9 Å². The number of benzene rings is 4. The van der Waals surface area contributed by atoms with Crippen molar-refractivity contribution < 1.29 is 23.1 Å². The number of carbonyl (C=O) groups excluding carboxylic acids is 2. The van der Waals surface area contributed by atoms with Crippen molar-refractivity contribution in [2.45, 2.75) is 25.0 Å². The van der Waals surface area contributed by atoms with E-state index in [4.69, 9.17) is 4.74 Å². The third-order valence-electron chi connectivity index (χ3n) is 8.46. The topological polar surface area (TPSA) is 122 Å². The summed E-state index contributed by atoms with van der Waals surface area (Å²) in [5, 5.41) is 12.0. The van der Waals surface area contributed by atoms with Crippen LogP contribution in [0.25, 0.3) is 33.1 Å². The minimum absolute atomic E-state index is 0.0228. The van der Waals surface area contributed by atoms with Crippen LogP contribution in [0.4, 0.5) is 14.5 Å². The average molecular weight is 635 g/mol. The Balaban J connectivity index is 1.17. The molecule has 3 heterocycles. The molecule has 47 heavy (non-hydrogen) atoms. The van der Waals surface area contributed by atoms with Crippen molar-refractivity contribution in [3.63, 3.8) is 0 Å². The van der Waals surface area contributed by atoms with Crippen LogP contribution in [-0.2, 0) is 16.1 Å². The number of likely N-dealkylation sites (tertiary alicyclic amines) is 1. The number of hydrogen-bond donors (Lipinski definition) is 2. The van der Waals surface area contributed by atoms with Gasteiger partial charge in [-0.2, -0.15) is 0 Å². The first kappa shape index (κ1) is 29.8. The van der Waals surface area contributed by atoms with E-state index in [0.717, 1.165) is 35.0 Å². The minimum atomic E-state index is -1.00. The molecule has 1 amide bonds. The molecule has 6 aromatic rings. The number of amides is 1. The average Bonchev–Trinajstić information content (AvgIpc) is 3.76. The monoisotopic (exact) mass is 634 g/mol. The largest absolute Gasteiger partial charge is 0.467 e. The van der Waals surface area contributed by atoms with Crippen LogP contribution in [0, 0.1) is 11.6 Å². The Labute approximate surface area is 266 Å². The zero-order valence-corrected chi connectivity index (χ0v) is 25.1. The van der Waals surface area contributed by atoms with Crippen LogP contribution in [0.3, 0.4) is 0 Å². The zero-order chi connectivity index (χ0) is 32.7. The van der Waals surface area contributed by atoms with Gasteiger partial charge in [-0.1, -0.05) is 47.7 Å². The summed E-state index contributed by atoms with van der Waals surface area (Å²) in [6, 6.07) is 22.0. The van der Waals surface area contributed by atoms with Crippen molar-refractivity contribution in [1.82, 2.24) is 24.9 Å². The molecule has 1 aliphatic rings. The number of carbonyl (C=O) groups is 2. The predicted octanol–water partition coefficient (Wildman–Crippen LogP) is 5.46. The molecule has 2 atom stereocenters. The molecule has 1 fully saturated rings. The number of esters is 1. The third kappa shape index (κ3) is 5.69. The lowest BCUT2D eigenvalue weighted by molar-refractivity contribution is -0.145. The highest BCUT2D eigenvalue weighted by Gasteiger charge is 2.42. The van der Waals surface area contributed by atoms with Crippen LogP contribution in [0.1, 0.15) is 28.4 Å². The van der Waals surface area contributed by atoms with E-state index in [-0.39, 0.29) is 40.3 Å². The fraction of sp³-hybridized carbons (Fsp3) is 0.171. The van der Waals surface area contributed by atoms with E-state index in [2.05, 4.69) is 20.6 Å². The molecule has 1 aliphatic heterocycles. The molecule has 12 heteroatoms. The number of pyridine rings is 1. The summed E-state index contributed by atoms with van der Waals surface area (Å²) in [4.78, 5) is 44.5. The molecule has 0 saturated carbocycles. The molecular formula is C35H28F2N6O4. The number of anilines is 1. The van der Waals surface area contributed by atoms with Crippen molar-refractivity contribution in [3.8, 4) is 11.3 Å². The first-order chi connectivity index (χ1) is 22.8. The smallest absolute Gasteiger partial charge is 0.328 e. The minimum Gasteiger partial charge on any atom is -0.467 e. The lowest BCUT2D eigenvalue weighted by atomic mass is 10.0. The van der Waals surface area contributed by atoms with Gasteiger partial charge in [0.05, 0.1) is 30.4 Å². The number of halogens is 2. The summed E-state index contributed by atoms with van der Waals surface area (Å²) in [7, 11) is 1.23.